The number of anilines is 1. The number of para-hydroxylation sites is 1. The van der Waals surface area contributed by atoms with Crippen molar-refractivity contribution >= 4 is 28.5 Å². The van der Waals surface area contributed by atoms with E-state index >= 15 is 0 Å². The molecule has 0 saturated carbocycles. The molecule has 5 nitrogen and oxygen atoms in total. The van der Waals surface area contributed by atoms with Crippen molar-refractivity contribution in [3.63, 3.8) is 0 Å². The van der Waals surface area contributed by atoms with Gasteiger partial charge in [-0.3, -0.25) is 9.78 Å². The standard InChI is InChI=1S/C23H21FN2O3/c1-14-6-11-20-18(12-14)22(17-4-2-3-5-19(17)26-20)23(28)29-13-21(27)25-16-9-7-15(24)8-10-16/h2-5,7-10,14H,6,11-13H2,1H3,(H,25,27)/t14-/m1/s1. The molecule has 4 rings (SSSR count). The minimum absolute atomic E-state index is 0.391. The molecule has 1 aliphatic rings. The Morgan fingerprint density at radius 2 is 1.93 bits per heavy atom. The van der Waals surface area contributed by atoms with Gasteiger partial charge >= 0.3 is 5.97 Å². The Hall–Kier alpha value is -3.28. The topological polar surface area (TPSA) is 68.3 Å². The molecule has 1 N–H and O–H groups in total. The highest BCUT2D eigenvalue weighted by Gasteiger charge is 2.26. The molecule has 148 valence electrons. The zero-order valence-corrected chi connectivity index (χ0v) is 16.1. The van der Waals surface area contributed by atoms with Gasteiger partial charge in [0.25, 0.3) is 5.91 Å². The summed E-state index contributed by atoms with van der Waals surface area (Å²) in [5, 5.41) is 3.33. The van der Waals surface area contributed by atoms with E-state index in [0.29, 0.717) is 17.2 Å². The van der Waals surface area contributed by atoms with Crippen LogP contribution in [0.5, 0.6) is 0 Å². The number of hydrogen-bond acceptors (Lipinski definition) is 4. The zero-order valence-electron chi connectivity index (χ0n) is 16.1. The van der Waals surface area contributed by atoms with Crippen molar-refractivity contribution in [2.45, 2.75) is 26.2 Å². The van der Waals surface area contributed by atoms with Crippen LogP contribution in [-0.2, 0) is 22.4 Å². The molecule has 1 atom stereocenters. The summed E-state index contributed by atoms with van der Waals surface area (Å²) in [6.45, 7) is 1.74. The average molecular weight is 392 g/mol. The van der Waals surface area contributed by atoms with Crippen LogP contribution in [0.25, 0.3) is 10.9 Å². The second kappa shape index (κ2) is 7.99. The number of nitrogens with zero attached hydrogens (tertiary/aromatic N) is 1. The van der Waals surface area contributed by atoms with Gasteiger partial charge in [-0.2, -0.15) is 0 Å². The highest BCUT2D eigenvalue weighted by molar-refractivity contribution is 6.06. The number of rotatable bonds is 4. The summed E-state index contributed by atoms with van der Waals surface area (Å²) >= 11 is 0. The molecule has 3 aromatic rings. The fourth-order valence-corrected chi connectivity index (χ4v) is 3.73. The number of hydrogen-bond donors (Lipinski definition) is 1. The molecule has 1 amide bonds. The minimum atomic E-state index is -0.525. The highest BCUT2D eigenvalue weighted by atomic mass is 19.1. The maximum absolute atomic E-state index is 13.0. The van der Waals surface area contributed by atoms with E-state index in [1.807, 2.05) is 24.3 Å². The molecule has 0 radical (unpaired) electrons. The third kappa shape index (κ3) is 4.11. The number of amides is 1. The van der Waals surface area contributed by atoms with Gasteiger partial charge in [-0.25, -0.2) is 9.18 Å². The van der Waals surface area contributed by atoms with Crippen molar-refractivity contribution in [2.24, 2.45) is 5.92 Å². The normalized spacial score (nSPS) is 15.6. The van der Waals surface area contributed by atoms with Crippen molar-refractivity contribution in [1.29, 1.82) is 0 Å². The number of fused-ring (bicyclic) bond motifs is 2. The smallest absolute Gasteiger partial charge is 0.339 e. The monoisotopic (exact) mass is 392 g/mol. The van der Waals surface area contributed by atoms with E-state index in [0.717, 1.165) is 41.4 Å². The molecule has 0 bridgehead atoms. The maximum atomic E-state index is 13.0. The number of aryl methyl sites for hydroxylation is 1. The van der Waals surface area contributed by atoms with Gasteiger partial charge in [-0.1, -0.05) is 25.1 Å². The number of pyridine rings is 1. The van der Waals surface area contributed by atoms with Gasteiger partial charge in [-0.15, -0.1) is 0 Å². The lowest BCUT2D eigenvalue weighted by Crippen LogP contribution is -2.23. The van der Waals surface area contributed by atoms with Gasteiger partial charge in [0, 0.05) is 16.8 Å². The number of nitrogens with one attached hydrogen (secondary N) is 1. The van der Waals surface area contributed by atoms with Crippen LogP contribution in [0.1, 0.15) is 35.0 Å². The zero-order chi connectivity index (χ0) is 20.4. The number of ether oxygens (including phenoxy) is 1. The summed E-state index contributed by atoms with van der Waals surface area (Å²) in [6, 6.07) is 12.9. The Kier molecular flexibility index (Phi) is 5.25. The van der Waals surface area contributed by atoms with Crippen LogP contribution in [0.3, 0.4) is 0 Å². The Morgan fingerprint density at radius 1 is 1.17 bits per heavy atom. The van der Waals surface area contributed by atoms with Crippen molar-refractivity contribution in [1.82, 2.24) is 4.98 Å². The highest BCUT2D eigenvalue weighted by Crippen LogP contribution is 2.32. The lowest BCUT2D eigenvalue weighted by molar-refractivity contribution is -0.119. The van der Waals surface area contributed by atoms with Crippen LogP contribution in [0.4, 0.5) is 10.1 Å². The molecule has 0 spiro atoms. The maximum Gasteiger partial charge on any atom is 0.339 e. The van der Waals surface area contributed by atoms with Crippen molar-refractivity contribution in [3.05, 3.63) is 71.2 Å². The van der Waals surface area contributed by atoms with E-state index in [4.69, 9.17) is 9.72 Å². The molecule has 1 aromatic heterocycles. The molecule has 0 saturated heterocycles. The molecular weight excluding hydrogens is 371 g/mol. The van der Waals surface area contributed by atoms with Gasteiger partial charge in [-0.05, 0) is 61.1 Å². The molecule has 1 aliphatic carbocycles. The van der Waals surface area contributed by atoms with Crippen LogP contribution in [-0.4, -0.2) is 23.5 Å². The van der Waals surface area contributed by atoms with Gasteiger partial charge in [0.05, 0.1) is 11.1 Å². The first-order valence-electron chi connectivity index (χ1n) is 9.64. The van der Waals surface area contributed by atoms with Crippen molar-refractivity contribution in [2.75, 3.05) is 11.9 Å². The number of aromatic nitrogens is 1. The fraction of sp³-hybridized carbons (Fsp3) is 0.261. The number of esters is 1. The van der Waals surface area contributed by atoms with Gasteiger partial charge in [0.1, 0.15) is 5.82 Å². The van der Waals surface area contributed by atoms with Gasteiger partial charge in [0.2, 0.25) is 0 Å². The predicted molar refractivity (Wildman–Crippen MR) is 108 cm³/mol. The predicted octanol–water partition coefficient (Wildman–Crippen LogP) is 4.29. The molecule has 0 aliphatic heterocycles. The summed E-state index contributed by atoms with van der Waals surface area (Å²) < 4.78 is 18.3. The molecular formula is C23H21FN2O3. The van der Waals surface area contributed by atoms with Crippen LogP contribution in [0, 0.1) is 11.7 Å². The summed E-state index contributed by atoms with van der Waals surface area (Å²) in [5.74, 6) is -0.939. The number of benzene rings is 2. The molecule has 0 unspecified atom stereocenters. The third-order valence-corrected chi connectivity index (χ3v) is 5.17. The van der Waals surface area contributed by atoms with Crippen LogP contribution >= 0.6 is 0 Å². The fourth-order valence-electron chi connectivity index (χ4n) is 3.73. The molecule has 6 heteroatoms. The van der Waals surface area contributed by atoms with Crippen LogP contribution in [0.15, 0.2) is 48.5 Å². The minimum Gasteiger partial charge on any atom is -0.452 e. The van der Waals surface area contributed by atoms with Crippen LogP contribution < -0.4 is 5.32 Å². The quantitative estimate of drug-likeness (QED) is 0.673. The van der Waals surface area contributed by atoms with Crippen molar-refractivity contribution < 1.29 is 18.7 Å². The lowest BCUT2D eigenvalue weighted by atomic mass is 9.84. The Labute approximate surface area is 167 Å². The first kappa shape index (κ1) is 19.1. The summed E-state index contributed by atoms with van der Waals surface area (Å²) in [4.78, 5) is 29.8. The largest absolute Gasteiger partial charge is 0.452 e. The number of carbonyl (C=O) groups excluding carboxylic acids is 2. The van der Waals surface area contributed by atoms with E-state index in [1.54, 1.807) is 0 Å². The Bertz CT molecular complexity index is 1080. The summed E-state index contributed by atoms with van der Waals surface area (Å²) in [7, 11) is 0. The van der Waals surface area contributed by atoms with Crippen LogP contribution in [0.2, 0.25) is 0 Å². The van der Waals surface area contributed by atoms with E-state index in [2.05, 4.69) is 12.2 Å². The van der Waals surface area contributed by atoms with E-state index < -0.39 is 24.3 Å². The van der Waals surface area contributed by atoms with E-state index in [9.17, 15) is 14.0 Å². The SMILES string of the molecule is C[C@@H]1CCc2nc3ccccc3c(C(=O)OCC(=O)Nc3ccc(F)cc3)c2C1. The molecule has 0 fully saturated rings. The lowest BCUT2D eigenvalue weighted by Gasteiger charge is -2.24. The Morgan fingerprint density at radius 3 is 2.72 bits per heavy atom. The van der Waals surface area contributed by atoms with E-state index in [-0.39, 0.29) is 0 Å². The summed E-state index contributed by atoms with van der Waals surface area (Å²) in [6.07, 6.45) is 2.62. The number of halogens is 1. The van der Waals surface area contributed by atoms with Gasteiger partial charge in [0.15, 0.2) is 6.61 Å². The van der Waals surface area contributed by atoms with E-state index in [1.165, 1.54) is 24.3 Å². The second-order valence-electron chi connectivity index (χ2n) is 7.41. The third-order valence-electron chi connectivity index (χ3n) is 5.17. The molecule has 2 aromatic carbocycles. The molecule has 29 heavy (non-hydrogen) atoms. The van der Waals surface area contributed by atoms with Gasteiger partial charge < -0.3 is 10.1 Å². The first-order chi connectivity index (χ1) is 14.0. The van der Waals surface area contributed by atoms with Crippen molar-refractivity contribution in [3.8, 4) is 0 Å². The first-order valence-corrected chi connectivity index (χ1v) is 9.64. The summed E-state index contributed by atoms with van der Waals surface area (Å²) in [5.41, 5.74) is 3.55. The second-order valence-corrected chi connectivity index (χ2v) is 7.41. The average Bonchev–Trinajstić information content (AvgIpc) is 2.72. The number of carbonyl (C=O) groups is 2. The Balaban J connectivity index is 1.55. The molecule has 1 heterocycles.